The summed E-state index contributed by atoms with van der Waals surface area (Å²) in [6.07, 6.45) is 10.5. The molecule has 214 valence electrons. The zero-order valence-corrected chi connectivity index (χ0v) is 25.3. The van der Waals surface area contributed by atoms with Crippen molar-refractivity contribution in [2.45, 2.75) is 131 Å². The van der Waals surface area contributed by atoms with E-state index in [4.69, 9.17) is 9.05 Å². The Morgan fingerprint density at radius 2 is 0.972 bits per heavy atom. The molecule has 0 spiro atoms. The van der Waals surface area contributed by atoms with Crippen LogP contribution in [0.2, 0.25) is 0 Å². The molecule has 0 aliphatic carbocycles. The van der Waals surface area contributed by atoms with Crippen LogP contribution in [0.4, 0.5) is 0 Å². The fourth-order valence-corrected chi connectivity index (χ4v) is 5.83. The highest BCUT2D eigenvalue weighted by Crippen LogP contribution is 2.55. The number of carbonyl (C=O) groups excluding carboxylic acids is 2. The molecule has 0 aromatic rings. The lowest BCUT2D eigenvalue weighted by molar-refractivity contribution is -0.137. The smallest absolute Gasteiger partial charge is 0.343 e. The van der Waals surface area contributed by atoms with Gasteiger partial charge in [0.15, 0.2) is 0 Å². The van der Waals surface area contributed by atoms with E-state index in [1.54, 1.807) is 4.90 Å². The Morgan fingerprint density at radius 1 is 0.611 bits per heavy atom. The van der Waals surface area contributed by atoms with E-state index in [1.165, 1.54) is 0 Å². The highest BCUT2D eigenvalue weighted by Gasteiger charge is 2.45. The molecular weight excluding hydrogens is 475 g/mol. The Kier molecular flexibility index (Phi) is 21.5. The molecule has 0 fully saturated rings. The number of amides is 2. The summed E-state index contributed by atoms with van der Waals surface area (Å²) in [6, 6.07) is 0. The second-order valence-corrected chi connectivity index (χ2v) is 12.0. The minimum Gasteiger partial charge on any atom is -0.343 e. The molecule has 0 aliphatic rings. The lowest BCUT2D eigenvalue weighted by Gasteiger charge is -2.32. The highest BCUT2D eigenvalue weighted by atomic mass is 31.2. The number of hydrogen-bond acceptors (Lipinski definition) is 5. The van der Waals surface area contributed by atoms with Gasteiger partial charge in [0.1, 0.15) is 5.66 Å². The molecule has 0 aromatic carbocycles. The first-order chi connectivity index (χ1) is 17.3. The van der Waals surface area contributed by atoms with Gasteiger partial charge in [-0.25, -0.2) is 0 Å². The van der Waals surface area contributed by atoms with Crippen LogP contribution in [-0.4, -0.2) is 66.7 Å². The van der Waals surface area contributed by atoms with E-state index in [-0.39, 0.29) is 31.4 Å². The summed E-state index contributed by atoms with van der Waals surface area (Å²) in [4.78, 5) is 31.2. The minimum absolute atomic E-state index is 0.125. The van der Waals surface area contributed by atoms with Crippen LogP contribution in [0.3, 0.4) is 0 Å². The average Bonchev–Trinajstić information content (AvgIpc) is 2.87. The van der Waals surface area contributed by atoms with Gasteiger partial charge in [-0.1, -0.05) is 80.1 Å². The third kappa shape index (κ3) is 14.1. The summed E-state index contributed by atoms with van der Waals surface area (Å²) in [5.74, 6) is -0.382. The maximum Gasteiger partial charge on any atom is 0.343 e. The first-order valence-electron chi connectivity index (χ1n) is 14.8. The Balaban J connectivity index is 6.18. The molecule has 36 heavy (non-hydrogen) atoms. The third-order valence-corrected chi connectivity index (χ3v) is 8.62. The largest absolute Gasteiger partial charge is 0.343 e. The van der Waals surface area contributed by atoms with E-state index in [1.807, 2.05) is 18.7 Å². The summed E-state index contributed by atoms with van der Waals surface area (Å²) in [5, 5.41) is 0. The maximum atomic E-state index is 14.3. The first-order valence-corrected chi connectivity index (χ1v) is 16.4. The summed E-state index contributed by atoms with van der Waals surface area (Å²) >= 11 is 0. The normalized spacial score (nSPS) is 12.5. The van der Waals surface area contributed by atoms with Crippen molar-refractivity contribution >= 4 is 19.4 Å². The number of carbonyl (C=O) groups is 2. The molecule has 0 aromatic heterocycles. The van der Waals surface area contributed by atoms with E-state index in [0.29, 0.717) is 26.2 Å². The van der Waals surface area contributed by atoms with Crippen LogP contribution in [0, 0.1) is 0 Å². The molecular formula is C28H57N2O5P. The number of rotatable bonds is 24. The molecule has 0 rings (SSSR count). The molecule has 7 nitrogen and oxygen atoms in total. The summed E-state index contributed by atoms with van der Waals surface area (Å²) in [5.41, 5.74) is -1.10. The van der Waals surface area contributed by atoms with Gasteiger partial charge in [0.25, 0.3) is 0 Å². The Hall–Kier alpha value is -0.910. The Bertz CT molecular complexity index is 587. The maximum absolute atomic E-state index is 14.3. The summed E-state index contributed by atoms with van der Waals surface area (Å²) in [6.45, 7) is 15.5. The average molecular weight is 533 g/mol. The van der Waals surface area contributed by atoms with E-state index >= 15 is 0 Å². The van der Waals surface area contributed by atoms with E-state index in [9.17, 15) is 14.2 Å². The van der Waals surface area contributed by atoms with Gasteiger partial charge in [-0.3, -0.25) is 14.2 Å². The van der Waals surface area contributed by atoms with Gasteiger partial charge >= 0.3 is 7.60 Å². The number of hydrogen-bond donors (Lipinski definition) is 0. The van der Waals surface area contributed by atoms with Crippen LogP contribution in [0.25, 0.3) is 0 Å². The van der Waals surface area contributed by atoms with Crippen molar-refractivity contribution in [3.8, 4) is 0 Å². The summed E-state index contributed by atoms with van der Waals surface area (Å²) < 4.78 is 26.1. The van der Waals surface area contributed by atoms with Crippen molar-refractivity contribution in [3.63, 3.8) is 0 Å². The molecule has 0 bridgehead atoms. The molecule has 0 aliphatic heterocycles. The second-order valence-electron chi connectivity index (χ2n) is 9.75. The van der Waals surface area contributed by atoms with Gasteiger partial charge in [-0.05, 0) is 38.5 Å². The molecule has 0 unspecified atom stereocenters. The molecule has 0 radical (unpaired) electrons. The second kappa shape index (κ2) is 22.1. The zero-order chi connectivity index (χ0) is 27.2. The van der Waals surface area contributed by atoms with Crippen LogP contribution >= 0.6 is 7.60 Å². The van der Waals surface area contributed by atoms with Crippen molar-refractivity contribution < 1.29 is 23.2 Å². The molecule has 1 atom stereocenters. The lowest BCUT2D eigenvalue weighted by atomic mass is 10.2. The van der Waals surface area contributed by atoms with Gasteiger partial charge in [0.05, 0.1) is 13.2 Å². The third-order valence-electron chi connectivity index (χ3n) is 6.36. The zero-order valence-electron chi connectivity index (χ0n) is 24.4. The van der Waals surface area contributed by atoms with Crippen molar-refractivity contribution in [2.24, 2.45) is 0 Å². The van der Waals surface area contributed by atoms with Gasteiger partial charge in [0, 0.05) is 32.6 Å². The van der Waals surface area contributed by atoms with Crippen LogP contribution in [-0.2, 0) is 23.2 Å². The molecule has 2 amide bonds. The van der Waals surface area contributed by atoms with Crippen molar-refractivity contribution in [3.05, 3.63) is 0 Å². The Labute approximate surface area is 222 Å². The highest BCUT2D eigenvalue weighted by molar-refractivity contribution is 7.55. The number of nitrogens with zero attached hydrogens (tertiary/aromatic N) is 2. The molecule has 0 N–H and O–H groups in total. The van der Waals surface area contributed by atoms with Gasteiger partial charge < -0.3 is 18.8 Å². The predicted octanol–water partition coefficient (Wildman–Crippen LogP) is 7.43. The molecule has 8 heteroatoms. The van der Waals surface area contributed by atoms with Gasteiger partial charge in [0.2, 0.25) is 11.8 Å². The standard InChI is InChI=1S/C28H57N2O5P/c1-7-13-19-29(20-14-8-2)27(31)25-26(28(32)30(21-15-9-3)22-16-10-4)36(33,34-23-17-11-5)35-24-18-12-6/h26H,7-25H2,1-6H3/t26-/m1/s1. The van der Waals surface area contributed by atoms with Crippen LogP contribution in [0.1, 0.15) is 125 Å². The van der Waals surface area contributed by atoms with E-state index in [2.05, 4.69) is 27.7 Å². The van der Waals surface area contributed by atoms with Crippen molar-refractivity contribution in [2.75, 3.05) is 39.4 Å². The summed E-state index contributed by atoms with van der Waals surface area (Å²) in [7, 11) is -3.85. The van der Waals surface area contributed by atoms with Gasteiger partial charge in [-0.2, -0.15) is 0 Å². The minimum atomic E-state index is -3.85. The van der Waals surface area contributed by atoms with Crippen molar-refractivity contribution in [1.29, 1.82) is 0 Å². The lowest BCUT2D eigenvalue weighted by Crippen LogP contribution is -2.44. The molecule has 0 saturated carbocycles. The predicted molar refractivity (Wildman–Crippen MR) is 151 cm³/mol. The fourth-order valence-electron chi connectivity index (χ4n) is 3.82. The molecule has 0 heterocycles. The van der Waals surface area contributed by atoms with Crippen LogP contribution < -0.4 is 0 Å². The first kappa shape index (κ1) is 35.1. The van der Waals surface area contributed by atoms with E-state index < -0.39 is 13.3 Å². The monoisotopic (exact) mass is 532 g/mol. The van der Waals surface area contributed by atoms with E-state index in [0.717, 1.165) is 77.0 Å². The van der Waals surface area contributed by atoms with Crippen molar-refractivity contribution in [1.82, 2.24) is 9.80 Å². The van der Waals surface area contributed by atoms with Crippen LogP contribution in [0.5, 0.6) is 0 Å². The Morgan fingerprint density at radius 3 is 1.33 bits per heavy atom. The SMILES string of the molecule is CCCCOP(=O)(OCCCC)[C@H](CC(=O)N(CCCC)CCCC)C(=O)N(CCCC)CCCC. The van der Waals surface area contributed by atoms with Gasteiger partial charge in [-0.15, -0.1) is 0 Å². The van der Waals surface area contributed by atoms with Crippen LogP contribution in [0.15, 0.2) is 0 Å². The topological polar surface area (TPSA) is 76.1 Å². The molecule has 0 saturated heterocycles. The number of unbranched alkanes of at least 4 members (excludes halogenated alkanes) is 6. The quantitative estimate of drug-likeness (QED) is 0.0954. The fraction of sp³-hybridized carbons (Fsp3) is 0.929.